The van der Waals surface area contributed by atoms with Crippen LogP contribution in [-0.4, -0.2) is 43.6 Å². The molecule has 1 atom stereocenters. The number of alkyl carbamates (subject to hydrolysis) is 1. The molecule has 0 bridgehead atoms. The molecular formula is C27H45NO4Sn. The van der Waals surface area contributed by atoms with Crippen LogP contribution < -0.4 is 5.32 Å². The Bertz CT molecular complexity index is 698. The van der Waals surface area contributed by atoms with E-state index in [9.17, 15) is 9.59 Å². The fraction of sp³-hybridized carbons (Fsp3) is 0.630. The zero-order valence-corrected chi connectivity index (χ0v) is 24.3. The van der Waals surface area contributed by atoms with Crippen LogP contribution in [0.4, 0.5) is 4.79 Å². The van der Waals surface area contributed by atoms with Crippen molar-refractivity contribution in [1.82, 2.24) is 5.32 Å². The van der Waals surface area contributed by atoms with Crippen molar-refractivity contribution in [3.63, 3.8) is 0 Å². The fourth-order valence-electron chi connectivity index (χ4n) is 4.51. The maximum atomic E-state index is 12.6. The third-order valence-electron chi connectivity index (χ3n) is 6.47. The van der Waals surface area contributed by atoms with E-state index in [2.05, 4.69) is 39.1 Å². The second-order valence-corrected chi connectivity index (χ2v) is 22.3. The molecule has 1 aromatic rings. The van der Waals surface area contributed by atoms with Gasteiger partial charge in [-0.2, -0.15) is 0 Å². The molecule has 1 amide bonds. The van der Waals surface area contributed by atoms with Crippen LogP contribution in [0.25, 0.3) is 0 Å². The van der Waals surface area contributed by atoms with Crippen LogP contribution in [0.15, 0.2) is 40.0 Å². The number of ether oxygens (including phenoxy) is 2. The van der Waals surface area contributed by atoms with Crippen molar-refractivity contribution in [3.8, 4) is 0 Å². The molecule has 0 fully saturated rings. The summed E-state index contributed by atoms with van der Waals surface area (Å²) < 4.78 is 15.9. The third kappa shape index (κ3) is 10.5. The van der Waals surface area contributed by atoms with Crippen molar-refractivity contribution in [2.24, 2.45) is 0 Å². The Labute approximate surface area is 205 Å². The van der Waals surface area contributed by atoms with Crippen molar-refractivity contribution in [1.29, 1.82) is 0 Å². The summed E-state index contributed by atoms with van der Waals surface area (Å²) in [7, 11) is 1.38. The van der Waals surface area contributed by atoms with Crippen molar-refractivity contribution in [2.45, 2.75) is 98.6 Å². The monoisotopic (exact) mass is 567 g/mol. The van der Waals surface area contributed by atoms with Gasteiger partial charge in [0, 0.05) is 0 Å². The minimum absolute atomic E-state index is 0.170. The normalized spacial score (nSPS) is 12.8. The Balaban J connectivity index is 3.03. The van der Waals surface area contributed by atoms with Crippen molar-refractivity contribution >= 4 is 30.4 Å². The number of esters is 1. The van der Waals surface area contributed by atoms with Crippen molar-refractivity contribution < 1.29 is 19.1 Å². The Morgan fingerprint density at radius 2 is 1.52 bits per heavy atom. The molecule has 0 aromatic heterocycles. The quantitative estimate of drug-likeness (QED) is 0.170. The molecule has 0 saturated carbocycles. The van der Waals surface area contributed by atoms with Crippen LogP contribution in [0.5, 0.6) is 0 Å². The first-order valence-corrected chi connectivity index (χ1v) is 20.1. The third-order valence-corrected chi connectivity index (χ3v) is 23.0. The molecule has 0 aliphatic rings. The van der Waals surface area contributed by atoms with Gasteiger partial charge in [0.25, 0.3) is 0 Å². The summed E-state index contributed by atoms with van der Waals surface area (Å²) in [5, 5.41) is 2.80. The summed E-state index contributed by atoms with van der Waals surface area (Å²) in [6, 6.07) is 8.82. The standard InChI is InChI=1S/C15H18NO4.3C4H9.Sn/c1-3-4-10-13(14(17)19-2)16-15(18)20-11-12-8-6-5-7-9-12;3*1-3-4-2;/h3,5-9,13H,10-11H2,1-2H3,(H,16,18);3*1,3-4H2,2H3;. The van der Waals surface area contributed by atoms with Crippen LogP contribution >= 0.6 is 0 Å². The molecule has 0 aliphatic heterocycles. The zero-order valence-electron chi connectivity index (χ0n) is 21.5. The SMILES string of the molecule is C/C=[C](/CC(NC(=O)OCc1ccccc1)C(=O)OC)[Sn]([CH2]CCC)([CH2]CCC)[CH2]CCC. The average molecular weight is 566 g/mol. The van der Waals surface area contributed by atoms with E-state index >= 15 is 0 Å². The van der Waals surface area contributed by atoms with Crippen LogP contribution in [0, 0.1) is 0 Å². The maximum absolute atomic E-state index is 12.6. The van der Waals surface area contributed by atoms with Gasteiger partial charge in [-0.1, -0.05) is 0 Å². The number of nitrogens with one attached hydrogen (secondary N) is 1. The molecule has 0 heterocycles. The molecular weight excluding hydrogens is 521 g/mol. The summed E-state index contributed by atoms with van der Waals surface area (Å²) in [5.41, 5.74) is 0.908. The zero-order chi connectivity index (χ0) is 24.5. The van der Waals surface area contributed by atoms with E-state index < -0.39 is 36.5 Å². The van der Waals surface area contributed by atoms with Crippen LogP contribution in [0.3, 0.4) is 0 Å². The first-order chi connectivity index (χ1) is 16.0. The molecule has 1 rings (SSSR count). The molecule has 33 heavy (non-hydrogen) atoms. The molecule has 6 heteroatoms. The molecule has 0 spiro atoms. The Morgan fingerprint density at radius 1 is 0.970 bits per heavy atom. The number of benzene rings is 1. The topological polar surface area (TPSA) is 64.6 Å². The van der Waals surface area contributed by atoms with E-state index in [1.165, 1.54) is 62.5 Å². The van der Waals surface area contributed by atoms with Gasteiger partial charge in [-0.3, -0.25) is 0 Å². The summed E-state index contributed by atoms with van der Waals surface area (Å²) >= 11 is -2.70. The number of hydrogen-bond acceptors (Lipinski definition) is 4. The number of methoxy groups -OCH3 is 1. The second kappa shape index (κ2) is 17.0. The number of hydrogen-bond donors (Lipinski definition) is 1. The van der Waals surface area contributed by atoms with E-state index in [1.54, 1.807) is 0 Å². The van der Waals surface area contributed by atoms with Gasteiger partial charge in [0.2, 0.25) is 0 Å². The van der Waals surface area contributed by atoms with Crippen LogP contribution in [0.2, 0.25) is 13.3 Å². The average Bonchev–Trinajstić information content (AvgIpc) is 2.85. The van der Waals surface area contributed by atoms with Crippen molar-refractivity contribution in [2.75, 3.05) is 7.11 Å². The van der Waals surface area contributed by atoms with Gasteiger partial charge in [0.15, 0.2) is 0 Å². The van der Waals surface area contributed by atoms with E-state index in [-0.39, 0.29) is 6.61 Å². The van der Waals surface area contributed by atoms with Gasteiger partial charge in [0.05, 0.1) is 0 Å². The summed E-state index contributed by atoms with van der Waals surface area (Å²) in [6.45, 7) is 9.05. The van der Waals surface area contributed by atoms with Gasteiger partial charge >= 0.3 is 206 Å². The molecule has 0 aliphatic carbocycles. The van der Waals surface area contributed by atoms with Crippen LogP contribution in [-0.2, 0) is 20.9 Å². The van der Waals surface area contributed by atoms with Gasteiger partial charge in [-0.05, 0) is 0 Å². The molecule has 1 N–H and O–H groups in total. The Hall–Kier alpha value is -1.50. The number of carbonyl (C=O) groups excluding carboxylic acids is 2. The first kappa shape index (κ1) is 29.5. The van der Waals surface area contributed by atoms with Gasteiger partial charge < -0.3 is 0 Å². The Morgan fingerprint density at radius 3 is 1.97 bits per heavy atom. The molecule has 5 nitrogen and oxygen atoms in total. The summed E-state index contributed by atoms with van der Waals surface area (Å²) in [4.78, 5) is 25.2. The minimum atomic E-state index is -2.70. The Kier molecular flexibility index (Phi) is 15.2. The molecule has 1 aromatic carbocycles. The number of rotatable bonds is 16. The number of carbonyl (C=O) groups is 2. The van der Waals surface area contributed by atoms with Gasteiger partial charge in [0.1, 0.15) is 0 Å². The van der Waals surface area contributed by atoms with Crippen molar-refractivity contribution in [3.05, 3.63) is 45.6 Å². The fourth-order valence-corrected chi connectivity index (χ4v) is 21.8. The first-order valence-electron chi connectivity index (χ1n) is 12.7. The summed E-state index contributed by atoms with van der Waals surface area (Å²) in [6.07, 6.45) is 9.53. The predicted molar refractivity (Wildman–Crippen MR) is 139 cm³/mol. The van der Waals surface area contributed by atoms with Gasteiger partial charge in [-0.15, -0.1) is 0 Å². The van der Waals surface area contributed by atoms with E-state index in [0.29, 0.717) is 6.42 Å². The number of allylic oxidation sites excluding steroid dienone is 1. The second-order valence-electron chi connectivity index (χ2n) is 8.89. The summed E-state index contributed by atoms with van der Waals surface area (Å²) in [5.74, 6) is -0.410. The predicted octanol–water partition coefficient (Wildman–Crippen LogP) is 7.18. The molecule has 186 valence electrons. The number of amides is 1. The van der Waals surface area contributed by atoms with E-state index in [0.717, 1.165) is 5.56 Å². The number of unbranched alkanes of at least 4 members (excludes halogenated alkanes) is 3. The van der Waals surface area contributed by atoms with Crippen LogP contribution in [0.1, 0.15) is 78.2 Å². The van der Waals surface area contributed by atoms with Gasteiger partial charge in [-0.25, -0.2) is 0 Å². The molecule has 0 saturated heterocycles. The van der Waals surface area contributed by atoms with E-state index in [4.69, 9.17) is 9.47 Å². The van der Waals surface area contributed by atoms with E-state index in [1.807, 2.05) is 30.3 Å². The molecule has 1 unspecified atom stereocenters. The molecule has 0 radical (unpaired) electrons.